The predicted octanol–water partition coefficient (Wildman–Crippen LogP) is 19.0. The van der Waals surface area contributed by atoms with Crippen LogP contribution in [-0.2, 0) is 10.8 Å². The van der Waals surface area contributed by atoms with Gasteiger partial charge in [-0.2, -0.15) is 0 Å². The third kappa shape index (κ3) is 5.94. The number of hydrogen-bond acceptors (Lipinski definition) is 3. The molecular weight excluding hydrogens is 887 g/mol. The first-order chi connectivity index (χ1) is 36.0. The van der Waals surface area contributed by atoms with Crippen LogP contribution in [0.1, 0.15) is 47.2 Å². The minimum atomic E-state index is -0.630. The molecule has 2 aromatic heterocycles. The predicted molar refractivity (Wildman–Crippen MR) is 301 cm³/mol. The van der Waals surface area contributed by atoms with Crippen LogP contribution in [0.25, 0.3) is 88.4 Å². The number of furan rings is 2. The van der Waals surface area contributed by atoms with E-state index in [-0.39, 0.29) is 5.41 Å². The molecule has 11 aromatic carbocycles. The van der Waals surface area contributed by atoms with Crippen molar-refractivity contribution in [2.75, 3.05) is 4.90 Å². The van der Waals surface area contributed by atoms with Gasteiger partial charge in [-0.25, -0.2) is 0 Å². The number of benzene rings is 11. The first-order valence-electron chi connectivity index (χ1n) is 25.3. The quantitative estimate of drug-likeness (QED) is 0.159. The van der Waals surface area contributed by atoms with Gasteiger partial charge in [-0.1, -0.05) is 220 Å². The summed E-state index contributed by atoms with van der Waals surface area (Å²) in [4.78, 5) is 2.50. The van der Waals surface area contributed by atoms with Gasteiger partial charge in [0.15, 0.2) is 0 Å². The van der Waals surface area contributed by atoms with E-state index < -0.39 is 5.41 Å². The van der Waals surface area contributed by atoms with Crippen molar-refractivity contribution in [3.63, 3.8) is 0 Å². The summed E-state index contributed by atoms with van der Waals surface area (Å²) in [5.41, 5.74) is 23.2. The average molecular weight is 934 g/mol. The molecule has 0 bridgehead atoms. The van der Waals surface area contributed by atoms with E-state index in [0.717, 1.165) is 83.2 Å². The number of rotatable bonds is 7. The van der Waals surface area contributed by atoms with Gasteiger partial charge in [0.2, 0.25) is 0 Å². The Morgan fingerprint density at radius 3 is 1.48 bits per heavy atom. The summed E-state index contributed by atoms with van der Waals surface area (Å²) in [7, 11) is 0. The minimum absolute atomic E-state index is 0.182. The Balaban J connectivity index is 0.938. The number of para-hydroxylation sites is 4. The Morgan fingerprint density at radius 2 is 0.808 bits per heavy atom. The molecule has 0 radical (unpaired) electrons. The molecule has 1 atom stereocenters. The molecule has 73 heavy (non-hydrogen) atoms. The summed E-state index contributed by atoms with van der Waals surface area (Å²) in [5.74, 6) is 0. The van der Waals surface area contributed by atoms with E-state index in [1.54, 1.807) is 0 Å². The van der Waals surface area contributed by atoms with Gasteiger partial charge in [-0.15, -0.1) is 0 Å². The average Bonchev–Trinajstić information content (AvgIpc) is 4.18. The van der Waals surface area contributed by atoms with E-state index in [4.69, 9.17) is 8.83 Å². The molecule has 2 heterocycles. The number of nitrogens with zero attached hydrogens (tertiary/aromatic N) is 1. The van der Waals surface area contributed by atoms with Crippen molar-refractivity contribution in [3.05, 3.63) is 282 Å². The third-order valence-electron chi connectivity index (χ3n) is 16.2. The molecule has 0 fully saturated rings. The van der Waals surface area contributed by atoms with Gasteiger partial charge in [0.1, 0.15) is 22.3 Å². The van der Waals surface area contributed by atoms with E-state index in [1.807, 2.05) is 12.1 Å². The van der Waals surface area contributed by atoms with Crippen LogP contribution < -0.4 is 4.90 Å². The molecule has 0 N–H and O–H groups in total. The zero-order valence-corrected chi connectivity index (χ0v) is 40.4. The summed E-state index contributed by atoms with van der Waals surface area (Å²) in [6.45, 7) is 4.73. The molecule has 0 saturated carbocycles. The van der Waals surface area contributed by atoms with Gasteiger partial charge >= 0.3 is 0 Å². The van der Waals surface area contributed by atoms with Crippen LogP contribution in [0, 0.1) is 0 Å². The highest BCUT2D eigenvalue weighted by Crippen LogP contribution is 2.60. The van der Waals surface area contributed by atoms with Crippen LogP contribution >= 0.6 is 0 Å². The number of fused-ring (bicyclic) bond motifs is 12. The highest BCUT2D eigenvalue weighted by molar-refractivity contribution is 6.11. The fourth-order valence-corrected chi connectivity index (χ4v) is 12.9. The van der Waals surface area contributed by atoms with E-state index in [9.17, 15) is 0 Å². The summed E-state index contributed by atoms with van der Waals surface area (Å²) in [6, 6.07) is 91.1. The zero-order valence-electron chi connectivity index (χ0n) is 40.4. The number of anilines is 3. The summed E-state index contributed by atoms with van der Waals surface area (Å²) < 4.78 is 13.1. The fraction of sp³-hybridized carbons (Fsp3) is 0.0571. The molecule has 0 amide bonds. The molecule has 13 aromatic rings. The first kappa shape index (κ1) is 41.6. The van der Waals surface area contributed by atoms with Crippen molar-refractivity contribution in [2.45, 2.75) is 24.7 Å². The fourth-order valence-electron chi connectivity index (χ4n) is 12.9. The van der Waals surface area contributed by atoms with E-state index in [1.165, 1.54) is 55.6 Å². The van der Waals surface area contributed by atoms with Gasteiger partial charge in [-0.05, 0) is 104 Å². The van der Waals surface area contributed by atoms with Crippen molar-refractivity contribution in [1.82, 2.24) is 0 Å². The molecule has 0 aliphatic heterocycles. The standard InChI is InChI=1S/C70H47NO2/c1-69(2)59-27-10-6-19-52(59)53-42-41-49(43-62(53)69)71(48-39-35-45(36-40-48)51-24-15-26-57-55-21-9-13-32-65(55)73-68(51)57)63-30-16-29-61-66(63)58-22-7-11-28-60(58)70(61,46-17-4-3-5-18-46)47-37-33-44(34-38-47)50-23-14-25-56-54-20-8-12-31-64(54)72-67(50)56/h3-43H,1-2H3. The summed E-state index contributed by atoms with van der Waals surface area (Å²) >= 11 is 0. The van der Waals surface area contributed by atoms with Crippen molar-refractivity contribution >= 4 is 60.9 Å². The van der Waals surface area contributed by atoms with Crippen LogP contribution in [-0.4, -0.2) is 0 Å². The molecule has 344 valence electrons. The van der Waals surface area contributed by atoms with Crippen LogP contribution in [0.5, 0.6) is 0 Å². The van der Waals surface area contributed by atoms with Crippen molar-refractivity contribution < 1.29 is 8.83 Å². The Labute approximate surface area is 423 Å². The maximum Gasteiger partial charge on any atom is 0.143 e. The smallest absolute Gasteiger partial charge is 0.143 e. The monoisotopic (exact) mass is 933 g/mol. The molecule has 15 rings (SSSR count). The van der Waals surface area contributed by atoms with Gasteiger partial charge in [-0.3, -0.25) is 0 Å². The van der Waals surface area contributed by atoms with Gasteiger partial charge in [0.25, 0.3) is 0 Å². The topological polar surface area (TPSA) is 29.5 Å². The zero-order chi connectivity index (χ0) is 48.4. The summed E-state index contributed by atoms with van der Waals surface area (Å²) in [5, 5.41) is 4.51. The molecule has 2 aliphatic rings. The van der Waals surface area contributed by atoms with Crippen LogP contribution in [0.15, 0.2) is 258 Å². The van der Waals surface area contributed by atoms with Crippen molar-refractivity contribution in [3.8, 4) is 44.5 Å². The van der Waals surface area contributed by atoms with Crippen LogP contribution in [0.2, 0.25) is 0 Å². The maximum absolute atomic E-state index is 6.56. The lowest BCUT2D eigenvalue weighted by Gasteiger charge is -2.34. The molecule has 3 nitrogen and oxygen atoms in total. The lowest BCUT2D eigenvalue weighted by Crippen LogP contribution is -2.28. The lowest BCUT2D eigenvalue weighted by molar-refractivity contribution is 0.660. The maximum atomic E-state index is 6.56. The lowest BCUT2D eigenvalue weighted by atomic mass is 9.67. The Morgan fingerprint density at radius 1 is 0.329 bits per heavy atom. The molecular formula is C70H47NO2. The van der Waals surface area contributed by atoms with Crippen LogP contribution in [0.4, 0.5) is 17.1 Å². The largest absolute Gasteiger partial charge is 0.455 e. The third-order valence-corrected chi connectivity index (χ3v) is 16.2. The van der Waals surface area contributed by atoms with Gasteiger partial charge in [0.05, 0.1) is 11.1 Å². The molecule has 2 aliphatic carbocycles. The first-order valence-corrected chi connectivity index (χ1v) is 25.3. The highest BCUT2D eigenvalue weighted by atomic mass is 16.3. The summed E-state index contributed by atoms with van der Waals surface area (Å²) in [6.07, 6.45) is 0. The second-order valence-corrected chi connectivity index (χ2v) is 20.3. The second kappa shape index (κ2) is 15.7. The minimum Gasteiger partial charge on any atom is -0.455 e. The Hall–Kier alpha value is -9.18. The second-order valence-electron chi connectivity index (χ2n) is 20.3. The van der Waals surface area contributed by atoms with Crippen molar-refractivity contribution in [1.29, 1.82) is 0 Å². The van der Waals surface area contributed by atoms with Gasteiger partial charge in [0, 0.05) is 55.0 Å². The van der Waals surface area contributed by atoms with E-state index >= 15 is 0 Å². The molecule has 1 unspecified atom stereocenters. The molecule has 3 heteroatoms. The van der Waals surface area contributed by atoms with Crippen LogP contribution in [0.3, 0.4) is 0 Å². The van der Waals surface area contributed by atoms with Gasteiger partial charge < -0.3 is 13.7 Å². The van der Waals surface area contributed by atoms with E-state index in [2.05, 4.69) is 255 Å². The van der Waals surface area contributed by atoms with Crippen molar-refractivity contribution in [2.24, 2.45) is 0 Å². The SMILES string of the molecule is CC1(C)c2ccccc2-c2ccc(N(c3ccc(-c4cccc5c4oc4ccccc45)cc3)c3cccc4c3-c3ccccc3C4(c3ccccc3)c3ccc(-c4cccc5c4oc4ccccc45)cc3)cc21. The normalized spacial score (nSPS) is 15.2. The Kier molecular flexibility index (Phi) is 8.92. The highest BCUT2D eigenvalue weighted by Gasteiger charge is 2.47. The molecule has 0 saturated heterocycles. The van der Waals surface area contributed by atoms with E-state index in [0.29, 0.717) is 0 Å². The molecule has 0 spiro atoms. The number of hydrogen-bond donors (Lipinski definition) is 0. The Bertz CT molecular complexity index is 4350.